The number of H-pyrrole nitrogens is 1. The molecule has 0 aliphatic carbocycles. The molecule has 1 aromatic rings. The molecule has 1 aromatic heterocycles. The molecule has 6 heteroatoms. The van der Waals surface area contributed by atoms with E-state index in [1.807, 2.05) is 0 Å². The second kappa shape index (κ2) is 5.83. The number of nitrogens with one attached hydrogen (secondary N) is 1. The highest BCUT2D eigenvalue weighted by atomic mass is 16.5. The number of carbonyl (C=O) groups is 1. The van der Waals surface area contributed by atoms with Gasteiger partial charge in [-0.25, -0.2) is 9.59 Å². The van der Waals surface area contributed by atoms with Gasteiger partial charge in [0.1, 0.15) is 0 Å². The lowest BCUT2D eigenvalue weighted by Crippen LogP contribution is -2.30. The van der Waals surface area contributed by atoms with Crippen LogP contribution in [-0.4, -0.2) is 22.1 Å². The number of aryl methyl sites for hydroxylation is 1. The number of allylic oxidation sites excluding steroid dienone is 1. The minimum atomic E-state index is -0.505. The first-order valence-electron chi connectivity index (χ1n) is 5.18. The first-order chi connectivity index (χ1) is 8.04. The van der Waals surface area contributed by atoms with Crippen LogP contribution in [0.4, 0.5) is 0 Å². The van der Waals surface area contributed by atoms with Crippen molar-refractivity contribution in [3.8, 4) is 0 Å². The van der Waals surface area contributed by atoms with Gasteiger partial charge in [0, 0.05) is 24.4 Å². The van der Waals surface area contributed by atoms with Gasteiger partial charge in [-0.05, 0) is 13.8 Å². The lowest BCUT2D eigenvalue weighted by Gasteiger charge is -2.01. The number of esters is 1. The largest absolute Gasteiger partial charge is 0.463 e. The van der Waals surface area contributed by atoms with Crippen molar-refractivity contribution in [2.24, 2.45) is 0 Å². The van der Waals surface area contributed by atoms with Crippen molar-refractivity contribution < 1.29 is 9.53 Å². The molecule has 0 aliphatic rings. The zero-order valence-electron chi connectivity index (χ0n) is 9.73. The van der Waals surface area contributed by atoms with Gasteiger partial charge in [-0.15, -0.1) is 0 Å². The fourth-order valence-electron chi connectivity index (χ4n) is 1.21. The monoisotopic (exact) mass is 238 g/mol. The molecule has 1 rings (SSSR count). The molecule has 0 aliphatic heterocycles. The first kappa shape index (κ1) is 13.0. The van der Waals surface area contributed by atoms with Crippen LogP contribution in [0.15, 0.2) is 27.9 Å². The Kier molecular flexibility index (Phi) is 4.45. The van der Waals surface area contributed by atoms with Crippen molar-refractivity contribution in [2.75, 3.05) is 6.61 Å². The molecule has 0 bridgehead atoms. The van der Waals surface area contributed by atoms with Crippen LogP contribution in [0.1, 0.15) is 12.5 Å². The Morgan fingerprint density at radius 1 is 1.53 bits per heavy atom. The van der Waals surface area contributed by atoms with Crippen molar-refractivity contribution in [3.05, 3.63) is 44.8 Å². The van der Waals surface area contributed by atoms with Crippen molar-refractivity contribution in [2.45, 2.75) is 20.4 Å². The van der Waals surface area contributed by atoms with E-state index in [4.69, 9.17) is 0 Å². The number of carbonyl (C=O) groups excluding carboxylic acids is 1. The van der Waals surface area contributed by atoms with E-state index in [0.29, 0.717) is 12.2 Å². The maximum absolute atomic E-state index is 11.4. The van der Waals surface area contributed by atoms with Crippen molar-refractivity contribution >= 4 is 5.97 Å². The smallest absolute Gasteiger partial charge is 0.330 e. The van der Waals surface area contributed by atoms with E-state index in [2.05, 4.69) is 9.72 Å². The molecule has 0 unspecified atom stereocenters. The predicted octanol–water partition coefficient (Wildman–Crippen LogP) is -0.0357. The van der Waals surface area contributed by atoms with E-state index in [1.165, 1.54) is 22.9 Å². The normalized spacial score (nSPS) is 10.7. The summed E-state index contributed by atoms with van der Waals surface area (Å²) in [7, 11) is 0. The Morgan fingerprint density at radius 2 is 2.24 bits per heavy atom. The number of nitrogens with zero attached hydrogens (tertiary/aromatic N) is 1. The highest BCUT2D eigenvalue weighted by Gasteiger charge is 1.99. The maximum Gasteiger partial charge on any atom is 0.330 e. The summed E-state index contributed by atoms with van der Waals surface area (Å²) in [5.41, 5.74) is -0.469. The van der Waals surface area contributed by atoms with Gasteiger partial charge in [-0.2, -0.15) is 0 Å². The zero-order valence-corrected chi connectivity index (χ0v) is 9.73. The Morgan fingerprint density at radius 3 is 2.88 bits per heavy atom. The molecule has 0 spiro atoms. The van der Waals surface area contributed by atoms with Crippen LogP contribution in [-0.2, 0) is 16.1 Å². The van der Waals surface area contributed by atoms with Crippen LogP contribution in [0.5, 0.6) is 0 Å². The Hall–Kier alpha value is -2.11. The molecule has 0 fully saturated rings. The minimum Gasteiger partial charge on any atom is -0.463 e. The molecule has 92 valence electrons. The molecule has 0 amide bonds. The van der Waals surface area contributed by atoms with Gasteiger partial charge in [0.15, 0.2) is 0 Å². The summed E-state index contributed by atoms with van der Waals surface area (Å²) in [6.07, 6.45) is 4.18. The fraction of sp³-hybridized carbons (Fsp3) is 0.364. The van der Waals surface area contributed by atoms with E-state index < -0.39 is 17.2 Å². The summed E-state index contributed by atoms with van der Waals surface area (Å²) in [6, 6.07) is 0. The molecule has 0 saturated carbocycles. The van der Waals surface area contributed by atoms with Gasteiger partial charge < -0.3 is 4.74 Å². The summed E-state index contributed by atoms with van der Waals surface area (Å²) in [6.45, 7) is 3.82. The molecule has 0 radical (unpaired) electrons. The summed E-state index contributed by atoms with van der Waals surface area (Å²) < 4.78 is 5.98. The van der Waals surface area contributed by atoms with Crippen LogP contribution < -0.4 is 11.2 Å². The molecule has 0 aromatic carbocycles. The number of hydrogen-bond donors (Lipinski definition) is 1. The quantitative estimate of drug-likeness (QED) is 0.589. The lowest BCUT2D eigenvalue weighted by molar-refractivity contribution is -0.137. The SMILES string of the molecule is CCOC(=O)/C=C/Cn1cc(C)c(=O)[nH]c1=O. The number of rotatable bonds is 4. The third kappa shape index (κ3) is 3.75. The molecule has 1 N–H and O–H groups in total. The van der Waals surface area contributed by atoms with Crippen LogP contribution in [0.25, 0.3) is 0 Å². The predicted molar refractivity (Wildman–Crippen MR) is 61.8 cm³/mol. The molecule has 0 atom stereocenters. The number of aromatic nitrogens is 2. The van der Waals surface area contributed by atoms with Gasteiger partial charge in [0.2, 0.25) is 0 Å². The van der Waals surface area contributed by atoms with Gasteiger partial charge in [0.05, 0.1) is 6.61 Å². The molecular weight excluding hydrogens is 224 g/mol. The standard InChI is InChI=1S/C11H14N2O4/c1-3-17-9(14)5-4-6-13-7-8(2)10(15)12-11(13)16/h4-5,7H,3,6H2,1-2H3,(H,12,15,16)/b5-4+. The highest BCUT2D eigenvalue weighted by Crippen LogP contribution is 1.87. The van der Waals surface area contributed by atoms with E-state index in [-0.39, 0.29) is 6.54 Å². The Labute approximate surface area is 97.5 Å². The van der Waals surface area contributed by atoms with E-state index >= 15 is 0 Å². The molecule has 1 heterocycles. The van der Waals surface area contributed by atoms with Crippen molar-refractivity contribution in [1.29, 1.82) is 0 Å². The number of aromatic amines is 1. The van der Waals surface area contributed by atoms with Gasteiger partial charge in [0.25, 0.3) is 5.56 Å². The van der Waals surface area contributed by atoms with E-state index in [1.54, 1.807) is 13.8 Å². The van der Waals surface area contributed by atoms with Crippen molar-refractivity contribution in [3.63, 3.8) is 0 Å². The van der Waals surface area contributed by atoms with Gasteiger partial charge in [-0.3, -0.25) is 14.3 Å². The summed E-state index contributed by atoms with van der Waals surface area (Å²) in [5, 5.41) is 0. The van der Waals surface area contributed by atoms with E-state index in [0.717, 1.165) is 0 Å². The fourth-order valence-corrected chi connectivity index (χ4v) is 1.21. The van der Waals surface area contributed by atoms with Crippen molar-refractivity contribution in [1.82, 2.24) is 9.55 Å². The Balaban J connectivity index is 2.77. The first-order valence-corrected chi connectivity index (χ1v) is 5.18. The van der Waals surface area contributed by atoms with Crippen LogP contribution in [0, 0.1) is 6.92 Å². The highest BCUT2D eigenvalue weighted by molar-refractivity contribution is 5.81. The molecule has 17 heavy (non-hydrogen) atoms. The molecule has 0 saturated heterocycles. The molecule has 6 nitrogen and oxygen atoms in total. The van der Waals surface area contributed by atoms with Crippen LogP contribution in [0.2, 0.25) is 0 Å². The number of ether oxygens (including phenoxy) is 1. The summed E-state index contributed by atoms with van der Waals surface area (Å²) in [5.74, 6) is -0.457. The maximum atomic E-state index is 11.4. The second-order valence-electron chi connectivity index (χ2n) is 3.38. The summed E-state index contributed by atoms with van der Waals surface area (Å²) >= 11 is 0. The molecular formula is C11H14N2O4. The topological polar surface area (TPSA) is 81.2 Å². The third-order valence-corrected chi connectivity index (χ3v) is 2.03. The second-order valence-corrected chi connectivity index (χ2v) is 3.38. The number of hydrogen-bond acceptors (Lipinski definition) is 4. The lowest BCUT2D eigenvalue weighted by atomic mass is 10.4. The summed E-state index contributed by atoms with van der Waals surface area (Å²) in [4.78, 5) is 35.6. The minimum absolute atomic E-state index is 0.204. The van der Waals surface area contributed by atoms with E-state index in [9.17, 15) is 14.4 Å². The zero-order chi connectivity index (χ0) is 12.8. The van der Waals surface area contributed by atoms with Gasteiger partial charge in [-0.1, -0.05) is 6.08 Å². The third-order valence-electron chi connectivity index (χ3n) is 2.03. The average molecular weight is 238 g/mol. The Bertz CT molecular complexity index is 539. The van der Waals surface area contributed by atoms with Gasteiger partial charge >= 0.3 is 11.7 Å². The average Bonchev–Trinajstić information content (AvgIpc) is 2.26. The van der Waals surface area contributed by atoms with Crippen LogP contribution in [0.3, 0.4) is 0 Å². The van der Waals surface area contributed by atoms with Crippen LogP contribution >= 0.6 is 0 Å².